The molecule has 0 amide bonds. The van der Waals surface area contributed by atoms with E-state index in [1.54, 1.807) is 0 Å². The molecule has 2 atom stereocenters. The molecule has 0 radical (unpaired) electrons. The molecule has 1 fully saturated rings. The van der Waals surface area contributed by atoms with Crippen LogP contribution < -0.4 is 0 Å². The van der Waals surface area contributed by atoms with E-state index in [4.69, 9.17) is 0 Å². The molecule has 0 N–H and O–H groups in total. The van der Waals surface area contributed by atoms with Gasteiger partial charge in [0.15, 0.2) is 0 Å². The maximum atomic E-state index is 13.2. The van der Waals surface area contributed by atoms with Gasteiger partial charge in [0.1, 0.15) is 0 Å². The van der Waals surface area contributed by atoms with Gasteiger partial charge in [-0.1, -0.05) is 20.8 Å². The second-order valence-corrected chi connectivity index (χ2v) is 5.10. The minimum Gasteiger partial charge on any atom is -0.207 e. The molecule has 2 heteroatoms. The van der Waals surface area contributed by atoms with Crippen molar-refractivity contribution in [2.75, 3.05) is 0 Å². The Morgan fingerprint density at radius 3 is 2.38 bits per heavy atom. The molecule has 1 aliphatic rings. The molecule has 0 spiro atoms. The van der Waals surface area contributed by atoms with Gasteiger partial charge in [0.25, 0.3) is 0 Å². The molecule has 1 saturated carbocycles. The predicted molar refractivity (Wildman–Crippen MR) is 50.9 cm³/mol. The van der Waals surface area contributed by atoms with Crippen LogP contribution in [-0.2, 0) is 0 Å². The summed E-state index contributed by atoms with van der Waals surface area (Å²) in [5, 5.41) is 0. The van der Waals surface area contributed by atoms with Crippen molar-refractivity contribution in [2.24, 2.45) is 17.8 Å². The normalized spacial score (nSPS) is 33.7. The van der Waals surface area contributed by atoms with E-state index in [0.717, 1.165) is 12.8 Å². The van der Waals surface area contributed by atoms with Crippen LogP contribution >= 0.6 is 0 Å². The van der Waals surface area contributed by atoms with Crippen molar-refractivity contribution in [3.8, 4) is 0 Å². The van der Waals surface area contributed by atoms with Gasteiger partial charge in [0.05, 0.1) is 0 Å². The summed E-state index contributed by atoms with van der Waals surface area (Å²) in [4.78, 5) is 0. The van der Waals surface area contributed by atoms with Gasteiger partial charge in [0, 0.05) is 12.8 Å². The Labute approximate surface area is 79.7 Å². The number of alkyl halides is 2. The maximum Gasteiger partial charge on any atom is 0.248 e. The first-order valence-electron chi connectivity index (χ1n) is 5.27. The summed E-state index contributed by atoms with van der Waals surface area (Å²) in [7, 11) is 0. The molecule has 0 heterocycles. The third kappa shape index (κ3) is 3.61. The first-order valence-corrected chi connectivity index (χ1v) is 5.27. The third-order valence-electron chi connectivity index (χ3n) is 2.77. The van der Waals surface area contributed by atoms with Crippen molar-refractivity contribution >= 4 is 0 Å². The van der Waals surface area contributed by atoms with E-state index in [0.29, 0.717) is 5.92 Å². The minimum absolute atomic E-state index is 0.0988. The second-order valence-electron chi connectivity index (χ2n) is 5.10. The standard InChI is InChI=1S/C11H20F2/c1-8(2)4-10-5-9(3)6-11(12,13)7-10/h8-10H,4-7H2,1-3H3/t9-,10-/m0/s1. The van der Waals surface area contributed by atoms with Crippen LogP contribution in [0.4, 0.5) is 8.78 Å². The van der Waals surface area contributed by atoms with E-state index in [1.807, 2.05) is 6.92 Å². The van der Waals surface area contributed by atoms with Gasteiger partial charge < -0.3 is 0 Å². The highest BCUT2D eigenvalue weighted by atomic mass is 19.3. The number of hydrogen-bond acceptors (Lipinski definition) is 0. The topological polar surface area (TPSA) is 0 Å². The zero-order valence-corrected chi connectivity index (χ0v) is 8.82. The SMILES string of the molecule is CC(C)C[C@H]1C[C@H](C)CC(F)(F)C1. The zero-order valence-electron chi connectivity index (χ0n) is 8.82. The van der Waals surface area contributed by atoms with E-state index in [1.165, 1.54) is 0 Å². The van der Waals surface area contributed by atoms with Crippen molar-refractivity contribution in [2.45, 2.75) is 52.4 Å². The van der Waals surface area contributed by atoms with Gasteiger partial charge in [-0.05, 0) is 30.6 Å². The number of halogens is 2. The summed E-state index contributed by atoms with van der Waals surface area (Å²) in [6, 6.07) is 0. The lowest BCUT2D eigenvalue weighted by molar-refractivity contribution is -0.0719. The molecule has 0 bridgehead atoms. The van der Waals surface area contributed by atoms with Crippen LogP contribution in [0.2, 0.25) is 0 Å². The quantitative estimate of drug-likeness (QED) is 0.615. The fraction of sp³-hybridized carbons (Fsp3) is 1.00. The highest BCUT2D eigenvalue weighted by Crippen LogP contribution is 2.41. The fourth-order valence-corrected chi connectivity index (χ4v) is 2.60. The van der Waals surface area contributed by atoms with Crippen molar-refractivity contribution in [3.63, 3.8) is 0 Å². The van der Waals surface area contributed by atoms with Crippen molar-refractivity contribution in [1.29, 1.82) is 0 Å². The summed E-state index contributed by atoms with van der Waals surface area (Å²) in [5.74, 6) is -1.39. The second kappa shape index (κ2) is 3.93. The van der Waals surface area contributed by atoms with Crippen molar-refractivity contribution in [3.05, 3.63) is 0 Å². The van der Waals surface area contributed by atoms with Crippen LogP contribution in [0.3, 0.4) is 0 Å². The Morgan fingerprint density at radius 2 is 1.92 bits per heavy atom. The van der Waals surface area contributed by atoms with Gasteiger partial charge in [-0.15, -0.1) is 0 Å². The molecule has 0 aromatic heterocycles. The lowest BCUT2D eigenvalue weighted by Crippen LogP contribution is -2.31. The Balaban J connectivity index is 2.48. The molecule has 1 aliphatic carbocycles. The molecule has 0 unspecified atom stereocenters. The molecular formula is C11H20F2. The molecular weight excluding hydrogens is 170 g/mol. The van der Waals surface area contributed by atoms with Crippen LogP contribution in [0.1, 0.15) is 46.5 Å². The Kier molecular flexibility index (Phi) is 3.31. The molecule has 13 heavy (non-hydrogen) atoms. The Hall–Kier alpha value is -0.140. The van der Waals surface area contributed by atoms with Gasteiger partial charge in [-0.3, -0.25) is 0 Å². The molecule has 0 aromatic rings. The highest BCUT2D eigenvalue weighted by molar-refractivity contribution is 4.82. The lowest BCUT2D eigenvalue weighted by Gasteiger charge is -2.33. The maximum absolute atomic E-state index is 13.2. The van der Waals surface area contributed by atoms with E-state index in [9.17, 15) is 8.78 Å². The van der Waals surface area contributed by atoms with E-state index in [-0.39, 0.29) is 24.7 Å². The Bertz CT molecular complexity index is 161. The smallest absolute Gasteiger partial charge is 0.207 e. The molecule has 1 rings (SSSR count). The van der Waals surface area contributed by atoms with Gasteiger partial charge in [-0.25, -0.2) is 8.78 Å². The molecule has 0 aromatic carbocycles. The highest BCUT2D eigenvalue weighted by Gasteiger charge is 2.39. The average Bonchev–Trinajstić information content (AvgIpc) is 1.78. The van der Waals surface area contributed by atoms with Gasteiger partial charge in [-0.2, -0.15) is 0 Å². The van der Waals surface area contributed by atoms with E-state index < -0.39 is 5.92 Å². The van der Waals surface area contributed by atoms with Crippen molar-refractivity contribution < 1.29 is 8.78 Å². The summed E-state index contributed by atoms with van der Waals surface area (Å²) in [5.41, 5.74) is 0. The van der Waals surface area contributed by atoms with E-state index in [2.05, 4.69) is 13.8 Å². The molecule has 0 aliphatic heterocycles. The average molecular weight is 190 g/mol. The third-order valence-corrected chi connectivity index (χ3v) is 2.77. The Morgan fingerprint density at radius 1 is 1.31 bits per heavy atom. The lowest BCUT2D eigenvalue weighted by atomic mass is 9.77. The van der Waals surface area contributed by atoms with Gasteiger partial charge >= 0.3 is 0 Å². The zero-order chi connectivity index (χ0) is 10.1. The number of hydrogen-bond donors (Lipinski definition) is 0. The first kappa shape index (κ1) is 10.9. The van der Waals surface area contributed by atoms with Crippen molar-refractivity contribution in [1.82, 2.24) is 0 Å². The number of rotatable bonds is 2. The van der Waals surface area contributed by atoms with Gasteiger partial charge in [0.2, 0.25) is 5.92 Å². The predicted octanol–water partition coefficient (Wildman–Crippen LogP) is 4.10. The minimum atomic E-state index is -2.39. The molecule has 78 valence electrons. The van der Waals surface area contributed by atoms with Crippen LogP contribution in [0.5, 0.6) is 0 Å². The summed E-state index contributed by atoms with van der Waals surface area (Å²) in [6.45, 7) is 6.16. The molecule has 0 saturated heterocycles. The summed E-state index contributed by atoms with van der Waals surface area (Å²) < 4.78 is 26.3. The van der Waals surface area contributed by atoms with Crippen LogP contribution in [-0.4, -0.2) is 5.92 Å². The van der Waals surface area contributed by atoms with Crippen LogP contribution in [0.15, 0.2) is 0 Å². The first-order chi connectivity index (χ1) is 5.89. The van der Waals surface area contributed by atoms with Crippen LogP contribution in [0, 0.1) is 17.8 Å². The van der Waals surface area contributed by atoms with E-state index >= 15 is 0 Å². The largest absolute Gasteiger partial charge is 0.248 e. The summed E-state index contributed by atoms with van der Waals surface area (Å²) in [6.07, 6.45) is 2.17. The summed E-state index contributed by atoms with van der Waals surface area (Å²) >= 11 is 0. The monoisotopic (exact) mass is 190 g/mol. The fourth-order valence-electron chi connectivity index (χ4n) is 2.60. The molecule has 0 nitrogen and oxygen atoms in total. The van der Waals surface area contributed by atoms with Crippen LogP contribution in [0.25, 0.3) is 0 Å².